The van der Waals surface area contributed by atoms with Crippen LogP contribution in [0, 0.1) is 5.41 Å². The van der Waals surface area contributed by atoms with Gasteiger partial charge in [-0.05, 0) is 13.3 Å². The van der Waals surface area contributed by atoms with Gasteiger partial charge in [0.2, 0.25) is 0 Å². The molecule has 0 aliphatic carbocycles. The van der Waals surface area contributed by atoms with Crippen molar-refractivity contribution in [2.75, 3.05) is 14.2 Å². The van der Waals surface area contributed by atoms with E-state index in [0.717, 1.165) is 14.2 Å². The van der Waals surface area contributed by atoms with Gasteiger partial charge in [-0.15, -0.1) is 0 Å². The number of esters is 2. The predicted octanol–water partition coefficient (Wildman–Crippen LogP) is 1.02. The van der Waals surface area contributed by atoms with Gasteiger partial charge in [0.25, 0.3) is 0 Å². The van der Waals surface area contributed by atoms with Crippen LogP contribution in [0.4, 0.5) is 9.59 Å². The van der Waals surface area contributed by atoms with E-state index in [1.165, 1.54) is 13.8 Å². The standard InChI is InChI=1S/C10H14O8/c1-5-10(2,6(11)17-8(13)15-3)7(12)18-9(14)16-4/h5H2,1-4H3. The van der Waals surface area contributed by atoms with E-state index < -0.39 is 29.7 Å². The highest BCUT2D eigenvalue weighted by Gasteiger charge is 2.45. The smallest absolute Gasteiger partial charge is 0.437 e. The molecule has 0 saturated heterocycles. The third-order valence-electron chi connectivity index (χ3n) is 2.29. The van der Waals surface area contributed by atoms with Crippen LogP contribution in [0.5, 0.6) is 0 Å². The van der Waals surface area contributed by atoms with Gasteiger partial charge in [0.15, 0.2) is 5.41 Å². The SMILES string of the molecule is CCC(C)(C(=O)OC(=O)OC)C(=O)OC(=O)OC. The molecule has 18 heavy (non-hydrogen) atoms. The van der Waals surface area contributed by atoms with Gasteiger partial charge in [-0.3, -0.25) is 9.59 Å². The van der Waals surface area contributed by atoms with Gasteiger partial charge < -0.3 is 18.9 Å². The summed E-state index contributed by atoms with van der Waals surface area (Å²) in [4.78, 5) is 44.8. The van der Waals surface area contributed by atoms with Crippen molar-refractivity contribution in [3.05, 3.63) is 0 Å². The molecule has 0 amide bonds. The summed E-state index contributed by atoms with van der Waals surface area (Å²) in [5.41, 5.74) is -1.80. The first-order valence-corrected chi connectivity index (χ1v) is 4.92. The lowest BCUT2D eigenvalue weighted by molar-refractivity contribution is -0.165. The summed E-state index contributed by atoms with van der Waals surface area (Å²) < 4.78 is 16.7. The van der Waals surface area contributed by atoms with Crippen molar-refractivity contribution < 1.29 is 38.1 Å². The fourth-order valence-electron chi connectivity index (χ4n) is 0.832. The third kappa shape index (κ3) is 3.72. The maximum absolute atomic E-state index is 11.6. The molecule has 8 nitrogen and oxygen atoms in total. The Morgan fingerprint density at radius 2 is 1.22 bits per heavy atom. The molecule has 8 heteroatoms. The quantitative estimate of drug-likeness (QED) is 0.548. The highest BCUT2D eigenvalue weighted by atomic mass is 16.7. The third-order valence-corrected chi connectivity index (χ3v) is 2.29. The Balaban J connectivity index is 4.88. The molecular weight excluding hydrogens is 248 g/mol. The molecule has 0 spiro atoms. The second kappa shape index (κ2) is 6.58. The van der Waals surface area contributed by atoms with E-state index in [-0.39, 0.29) is 6.42 Å². The van der Waals surface area contributed by atoms with E-state index >= 15 is 0 Å². The molecule has 0 unspecified atom stereocenters. The first kappa shape index (κ1) is 15.9. The lowest BCUT2D eigenvalue weighted by Crippen LogP contribution is -2.40. The van der Waals surface area contributed by atoms with Crippen molar-refractivity contribution in [1.82, 2.24) is 0 Å². The van der Waals surface area contributed by atoms with Gasteiger partial charge in [0.05, 0.1) is 14.2 Å². The van der Waals surface area contributed by atoms with E-state index in [2.05, 4.69) is 18.9 Å². The molecule has 0 rings (SSSR count). The molecule has 0 aromatic heterocycles. The first-order chi connectivity index (χ1) is 8.31. The number of methoxy groups -OCH3 is 2. The van der Waals surface area contributed by atoms with Crippen LogP contribution >= 0.6 is 0 Å². The van der Waals surface area contributed by atoms with Gasteiger partial charge in [-0.25, -0.2) is 9.59 Å². The molecule has 0 aliphatic heterocycles. The van der Waals surface area contributed by atoms with Gasteiger partial charge in [-0.1, -0.05) is 6.92 Å². The Morgan fingerprint density at radius 3 is 1.44 bits per heavy atom. The summed E-state index contributed by atoms with van der Waals surface area (Å²) in [7, 11) is 2.01. The second-order valence-electron chi connectivity index (χ2n) is 3.37. The predicted molar refractivity (Wildman–Crippen MR) is 55.4 cm³/mol. The van der Waals surface area contributed by atoms with E-state index in [1.807, 2.05) is 0 Å². The average molecular weight is 262 g/mol. The topological polar surface area (TPSA) is 105 Å². The van der Waals surface area contributed by atoms with Gasteiger partial charge in [0.1, 0.15) is 0 Å². The van der Waals surface area contributed by atoms with Gasteiger partial charge in [-0.2, -0.15) is 0 Å². The Bertz CT molecular complexity index is 329. The van der Waals surface area contributed by atoms with Crippen LogP contribution < -0.4 is 0 Å². The zero-order valence-corrected chi connectivity index (χ0v) is 10.5. The average Bonchev–Trinajstić information content (AvgIpc) is 2.36. The highest BCUT2D eigenvalue weighted by Crippen LogP contribution is 2.25. The number of ether oxygens (including phenoxy) is 4. The van der Waals surface area contributed by atoms with E-state index in [9.17, 15) is 19.2 Å². The van der Waals surface area contributed by atoms with Crippen molar-refractivity contribution in [2.45, 2.75) is 20.3 Å². The van der Waals surface area contributed by atoms with Gasteiger partial charge in [0, 0.05) is 0 Å². The summed E-state index contributed by atoms with van der Waals surface area (Å²) >= 11 is 0. The van der Waals surface area contributed by atoms with Crippen molar-refractivity contribution >= 4 is 24.2 Å². The zero-order valence-electron chi connectivity index (χ0n) is 10.5. The van der Waals surface area contributed by atoms with Crippen molar-refractivity contribution in [1.29, 1.82) is 0 Å². The van der Waals surface area contributed by atoms with Gasteiger partial charge >= 0.3 is 24.2 Å². The second-order valence-corrected chi connectivity index (χ2v) is 3.37. The lowest BCUT2D eigenvalue weighted by atomic mass is 9.88. The molecule has 0 atom stereocenters. The van der Waals surface area contributed by atoms with Crippen molar-refractivity contribution in [3.63, 3.8) is 0 Å². The molecule has 0 N–H and O–H groups in total. The normalized spacial score (nSPS) is 10.2. The van der Waals surface area contributed by atoms with Crippen molar-refractivity contribution in [2.24, 2.45) is 5.41 Å². The minimum absolute atomic E-state index is 0.0430. The summed E-state index contributed by atoms with van der Waals surface area (Å²) in [6, 6.07) is 0. The Labute approximate surface area is 103 Å². The molecular formula is C10H14O8. The van der Waals surface area contributed by atoms with Crippen LogP contribution in [-0.2, 0) is 28.5 Å². The molecule has 0 saturated carbocycles. The number of hydrogen-bond acceptors (Lipinski definition) is 8. The fraction of sp³-hybridized carbons (Fsp3) is 0.600. The minimum Gasteiger partial charge on any atom is -0.437 e. The maximum atomic E-state index is 11.6. The van der Waals surface area contributed by atoms with Crippen LogP contribution in [0.1, 0.15) is 20.3 Å². The Kier molecular flexibility index (Phi) is 5.80. The monoisotopic (exact) mass is 262 g/mol. The number of rotatable bonds is 3. The first-order valence-electron chi connectivity index (χ1n) is 4.92. The van der Waals surface area contributed by atoms with Crippen molar-refractivity contribution in [3.8, 4) is 0 Å². The highest BCUT2D eigenvalue weighted by molar-refractivity contribution is 6.04. The fourth-order valence-corrected chi connectivity index (χ4v) is 0.832. The summed E-state index contributed by atoms with van der Waals surface area (Å²) in [5.74, 6) is -2.35. The molecule has 0 aliphatic rings. The maximum Gasteiger partial charge on any atom is 0.515 e. The molecule has 0 fully saturated rings. The summed E-state index contributed by atoms with van der Waals surface area (Å²) in [5, 5.41) is 0. The van der Waals surface area contributed by atoms with Crippen LogP contribution in [-0.4, -0.2) is 38.5 Å². The van der Waals surface area contributed by atoms with Crippen LogP contribution in [0.25, 0.3) is 0 Å². The Morgan fingerprint density at radius 1 is 0.889 bits per heavy atom. The molecule has 102 valence electrons. The molecule has 0 aromatic carbocycles. The summed E-state index contributed by atoms with van der Waals surface area (Å²) in [6.07, 6.45) is -2.56. The van der Waals surface area contributed by atoms with E-state index in [0.29, 0.717) is 0 Å². The number of hydrogen-bond donors (Lipinski definition) is 0. The van der Waals surface area contributed by atoms with E-state index in [1.54, 1.807) is 0 Å². The number of carbonyl (C=O) groups is 4. The molecule has 0 bridgehead atoms. The van der Waals surface area contributed by atoms with Crippen LogP contribution in [0.2, 0.25) is 0 Å². The van der Waals surface area contributed by atoms with Crippen LogP contribution in [0.15, 0.2) is 0 Å². The van der Waals surface area contributed by atoms with Crippen LogP contribution in [0.3, 0.4) is 0 Å². The number of carbonyl (C=O) groups excluding carboxylic acids is 4. The zero-order chi connectivity index (χ0) is 14.3. The lowest BCUT2D eigenvalue weighted by Gasteiger charge is -2.21. The van der Waals surface area contributed by atoms with E-state index in [4.69, 9.17) is 0 Å². The molecule has 0 aromatic rings. The largest absolute Gasteiger partial charge is 0.515 e. The molecule has 0 radical (unpaired) electrons. The Hall–Kier alpha value is -2.12. The summed E-state index contributed by atoms with van der Waals surface area (Å²) in [6.45, 7) is 2.65. The molecule has 0 heterocycles. The minimum atomic E-state index is -1.80.